The van der Waals surface area contributed by atoms with E-state index in [4.69, 9.17) is 5.73 Å². The number of halogens is 1. The summed E-state index contributed by atoms with van der Waals surface area (Å²) in [6.45, 7) is 8.52. The first-order chi connectivity index (χ1) is 8.90. The average Bonchev–Trinajstić information content (AvgIpc) is 2.58. The van der Waals surface area contributed by atoms with Crippen LogP contribution >= 0.6 is 0 Å². The molecule has 0 aliphatic heterocycles. The fourth-order valence-electron chi connectivity index (χ4n) is 2.52. The van der Waals surface area contributed by atoms with Gasteiger partial charge in [-0.1, -0.05) is 6.07 Å². The summed E-state index contributed by atoms with van der Waals surface area (Å²) < 4.78 is 15.0. The third-order valence-corrected chi connectivity index (χ3v) is 3.52. The molecule has 1 atom stereocenters. The van der Waals surface area contributed by atoms with Crippen LogP contribution in [0, 0.1) is 26.6 Å². The standard InChI is InChI=1S/C15H20FN3/c1-9-7-14(16)6-5-13(9)8-19-12(4)15(10(2)17)11(3)18-19/h5-7,10H,8,17H2,1-4H3. The van der Waals surface area contributed by atoms with Gasteiger partial charge in [0.25, 0.3) is 0 Å². The van der Waals surface area contributed by atoms with Crippen LogP contribution in [-0.2, 0) is 6.54 Å². The van der Waals surface area contributed by atoms with Gasteiger partial charge < -0.3 is 5.73 Å². The van der Waals surface area contributed by atoms with Crippen molar-refractivity contribution in [2.24, 2.45) is 5.73 Å². The van der Waals surface area contributed by atoms with Gasteiger partial charge in [-0.05, 0) is 51.0 Å². The summed E-state index contributed by atoms with van der Waals surface area (Å²) in [7, 11) is 0. The summed E-state index contributed by atoms with van der Waals surface area (Å²) in [5.74, 6) is -0.203. The van der Waals surface area contributed by atoms with Crippen LogP contribution in [0.25, 0.3) is 0 Å². The molecule has 0 radical (unpaired) electrons. The van der Waals surface area contributed by atoms with Gasteiger partial charge in [0.05, 0.1) is 12.2 Å². The van der Waals surface area contributed by atoms with E-state index in [0.29, 0.717) is 6.54 Å². The molecule has 0 amide bonds. The van der Waals surface area contributed by atoms with E-state index in [1.165, 1.54) is 6.07 Å². The number of aryl methyl sites for hydroxylation is 2. The van der Waals surface area contributed by atoms with Gasteiger partial charge in [0, 0.05) is 17.3 Å². The van der Waals surface area contributed by atoms with E-state index in [-0.39, 0.29) is 11.9 Å². The van der Waals surface area contributed by atoms with E-state index in [0.717, 1.165) is 28.1 Å². The SMILES string of the molecule is Cc1cc(F)ccc1Cn1nc(C)c(C(C)N)c1C. The van der Waals surface area contributed by atoms with Crippen LogP contribution < -0.4 is 5.73 Å². The number of nitrogens with two attached hydrogens (primary N) is 1. The minimum Gasteiger partial charge on any atom is -0.324 e. The predicted octanol–water partition coefficient (Wildman–Crippen LogP) is 3.02. The second-order valence-electron chi connectivity index (χ2n) is 5.10. The van der Waals surface area contributed by atoms with Crippen LogP contribution in [-0.4, -0.2) is 9.78 Å². The van der Waals surface area contributed by atoms with Gasteiger partial charge in [-0.15, -0.1) is 0 Å². The second kappa shape index (κ2) is 5.13. The highest BCUT2D eigenvalue weighted by molar-refractivity contribution is 5.30. The fourth-order valence-corrected chi connectivity index (χ4v) is 2.52. The quantitative estimate of drug-likeness (QED) is 0.923. The topological polar surface area (TPSA) is 43.8 Å². The summed E-state index contributed by atoms with van der Waals surface area (Å²) in [5.41, 5.74) is 11.1. The maximum atomic E-state index is 13.1. The zero-order chi connectivity index (χ0) is 14.2. The first-order valence-corrected chi connectivity index (χ1v) is 6.44. The van der Waals surface area contributed by atoms with Crippen molar-refractivity contribution in [3.05, 3.63) is 52.1 Å². The molecule has 2 aromatic rings. The highest BCUT2D eigenvalue weighted by atomic mass is 19.1. The maximum absolute atomic E-state index is 13.1. The van der Waals surface area contributed by atoms with Crippen LogP contribution in [0.2, 0.25) is 0 Å². The Hall–Kier alpha value is -1.68. The highest BCUT2D eigenvalue weighted by Gasteiger charge is 2.15. The van der Waals surface area contributed by atoms with E-state index >= 15 is 0 Å². The van der Waals surface area contributed by atoms with Crippen molar-refractivity contribution in [3.8, 4) is 0 Å². The second-order valence-corrected chi connectivity index (χ2v) is 5.10. The smallest absolute Gasteiger partial charge is 0.123 e. The van der Waals surface area contributed by atoms with E-state index < -0.39 is 0 Å². The summed E-state index contributed by atoms with van der Waals surface area (Å²) in [6.07, 6.45) is 0. The van der Waals surface area contributed by atoms with Crippen molar-refractivity contribution in [3.63, 3.8) is 0 Å². The van der Waals surface area contributed by atoms with E-state index in [1.807, 2.05) is 38.4 Å². The maximum Gasteiger partial charge on any atom is 0.123 e. The molecule has 0 fully saturated rings. The highest BCUT2D eigenvalue weighted by Crippen LogP contribution is 2.21. The molecule has 3 nitrogen and oxygen atoms in total. The zero-order valence-electron chi connectivity index (χ0n) is 11.9. The number of rotatable bonds is 3. The largest absolute Gasteiger partial charge is 0.324 e. The molecule has 1 heterocycles. The van der Waals surface area contributed by atoms with E-state index in [9.17, 15) is 4.39 Å². The molecule has 0 aliphatic rings. The minimum atomic E-state index is -0.203. The van der Waals surface area contributed by atoms with Crippen molar-refractivity contribution in [2.45, 2.75) is 40.3 Å². The lowest BCUT2D eigenvalue weighted by molar-refractivity contribution is 0.620. The van der Waals surface area contributed by atoms with Gasteiger partial charge in [-0.25, -0.2) is 4.39 Å². The molecule has 1 aromatic heterocycles. The summed E-state index contributed by atoms with van der Waals surface area (Å²) >= 11 is 0. The molecule has 1 aromatic carbocycles. The first-order valence-electron chi connectivity index (χ1n) is 6.44. The summed E-state index contributed by atoms with van der Waals surface area (Å²) in [5, 5.41) is 4.53. The Bertz CT molecular complexity index is 600. The number of hydrogen-bond acceptors (Lipinski definition) is 2. The Morgan fingerprint density at radius 2 is 2.00 bits per heavy atom. The van der Waals surface area contributed by atoms with Crippen molar-refractivity contribution >= 4 is 0 Å². The molecule has 0 aliphatic carbocycles. The fraction of sp³-hybridized carbons (Fsp3) is 0.400. The monoisotopic (exact) mass is 261 g/mol. The van der Waals surface area contributed by atoms with Crippen LogP contribution in [0.5, 0.6) is 0 Å². The number of benzene rings is 1. The zero-order valence-corrected chi connectivity index (χ0v) is 11.9. The third-order valence-electron chi connectivity index (χ3n) is 3.52. The van der Waals surface area contributed by atoms with Gasteiger partial charge in [0.2, 0.25) is 0 Å². The normalized spacial score (nSPS) is 12.7. The van der Waals surface area contributed by atoms with E-state index in [1.54, 1.807) is 6.07 Å². The van der Waals surface area contributed by atoms with Gasteiger partial charge in [-0.2, -0.15) is 5.10 Å². The van der Waals surface area contributed by atoms with Crippen LogP contribution in [0.3, 0.4) is 0 Å². The molecule has 2 N–H and O–H groups in total. The van der Waals surface area contributed by atoms with Crippen molar-refractivity contribution < 1.29 is 4.39 Å². The molecule has 0 saturated heterocycles. The Labute approximate surface area is 113 Å². The molecule has 0 spiro atoms. The van der Waals surface area contributed by atoms with Gasteiger partial charge in [-0.3, -0.25) is 4.68 Å². The Kier molecular flexibility index (Phi) is 3.71. The molecule has 0 saturated carbocycles. The third kappa shape index (κ3) is 2.68. The lowest BCUT2D eigenvalue weighted by Gasteiger charge is -2.09. The molecular formula is C15H20FN3. The Balaban J connectivity index is 2.36. The number of hydrogen-bond donors (Lipinski definition) is 1. The number of nitrogens with zero attached hydrogens (tertiary/aromatic N) is 2. The Morgan fingerprint density at radius 3 is 2.53 bits per heavy atom. The van der Waals surface area contributed by atoms with E-state index in [2.05, 4.69) is 5.10 Å². The lowest BCUT2D eigenvalue weighted by Crippen LogP contribution is -2.09. The molecular weight excluding hydrogens is 241 g/mol. The van der Waals surface area contributed by atoms with Crippen LogP contribution in [0.4, 0.5) is 4.39 Å². The summed E-state index contributed by atoms with van der Waals surface area (Å²) in [4.78, 5) is 0. The van der Waals surface area contributed by atoms with Crippen LogP contribution in [0.1, 0.15) is 41.0 Å². The van der Waals surface area contributed by atoms with Crippen molar-refractivity contribution in [1.82, 2.24) is 9.78 Å². The van der Waals surface area contributed by atoms with Gasteiger partial charge >= 0.3 is 0 Å². The minimum absolute atomic E-state index is 0.0249. The van der Waals surface area contributed by atoms with Crippen LogP contribution in [0.15, 0.2) is 18.2 Å². The molecule has 2 rings (SSSR count). The Morgan fingerprint density at radius 1 is 1.32 bits per heavy atom. The van der Waals surface area contributed by atoms with Crippen molar-refractivity contribution in [1.29, 1.82) is 0 Å². The first kappa shape index (κ1) is 13.7. The average molecular weight is 261 g/mol. The van der Waals surface area contributed by atoms with Crippen molar-refractivity contribution in [2.75, 3.05) is 0 Å². The molecule has 1 unspecified atom stereocenters. The predicted molar refractivity (Wildman–Crippen MR) is 74.5 cm³/mol. The van der Waals surface area contributed by atoms with Gasteiger partial charge in [0.1, 0.15) is 5.82 Å². The summed E-state index contributed by atoms with van der Waals surface area (Å²) in [6, 6.07) is 4.82. The number of aromatic nitrogens is 2. The molecule has 0 bridgehead atoms. The molecule has 19 heavy (non-hydrogen) atoms. The lowest BCUT2D eigenvalue weighted by atomic mass is 10.1. The molecule has 4 heteroatoms. The van der Waals surface area contributed by atoms with Gasteiger partial charge in [0.15, 0.2) is 0 Å². The molecule has 102 valence electrons.